The van der Waals surface area contributed by atoms with E-state index in [-0.39, 0.29) is 36.7 Å². The van der Waals surface area contributed by atoms with E-state index in [2.05, 4.69) is 10.2 Å². The number of rotatable bonds is 8. The van der Waals surface area contributed by atoms with Gasteiger partial charge in [0.1, 0.15) is 23.9 Å². The molecule has 4 aromatic rings. The molecule has 0 radical (unpaired) electrons. The molecule has 0 unspecified atom stereocenters. The summed E-state index contributed by atoms with van der Waals surface area (Å²) in [6.07, 6.45) is 1.80. The van der Waals surface area contributed by atoms with E-state index in [4.69, 9.17) is 25.2 Å². The van der Waals surface area contributed by atoms with Crippen molar-refractivity contribution < 1.29 is 22.8 Å². The number of halogens is 2. The summed E-state index contributed by atoms with van der Waals surface area (Å²) in [5, 5.41) is 8.67. The van der Waals surface area contributed by atoms with Crippen LogP contribution in [-0.2, 0) is 13.2 Å². The summed E-state index contributed by atoms with van der Waals surface area (Å²) in [7, 11) is 0. The molecule has 1 aliphatic rings. The summed E-state index contributed by atoms with van der Waals surface area (Å²) < 4.78 is 30.1. The first kappa shape index (κ1) is 21.2. The molecular weight excluding hydrogens is 449 g/mol. The van der Waals surface area contributed by atoms with Crippen molar-refractivity contribution in [2.45, 2.75) is 32.0 Å². The monoisotopic (exact) mass is 467 g/mol. The van der Waals surface area contributed by atoms with Crippen molar-refractivity contribution in [2.75, 3.05) is 0 Å². The van der Waals surface area contributed by atoms with Crippen molar-refractivity contribution >= 4 is 17.5 Å². The number of hydrogen-bond donors (Lipinski definition) is 0. The Morgan fingerprint density at radius 3 is 2.61 bits per heavy atom. The fraction of sp³-hybridized carbons (Fsp3) is 0.208. The summed E-state index contributed by atoms with van der Waals surface area (Å²) in [6.45, 7) is 0.288. The van der Waals surface area contributed by atoms with E-state index in [1.54, 1.807) is 29.2 Å². The Balaban J connectivity index is 1.26. The third kappa shape index (κ3) is 4.90. The molecule has 5 rings (SSSR count). The molecule has 1 amide bonds. The summed E-state index contributed by atoms with van der Waals surface area (Å²) in [4.78, 5) is 14.8. The Kier molecular flexibility index (Phi) is 5.83. The van der Waals surface area contributed by atoms with Crippen LogP contribution in [0.25, 0.3) is 11.5 Å². The van der Waals surface area contributed by atoms with E-state index in [0.29, 0.717) is 33.9 Å². The van der Waals surface area contributed by atoms with Crippen LogP contribution in [0.1, 0.15) is 35.0 Å². The van der Waals surface area contributed by atoms with Crippen molar-refractivity contribution in [1.29, 1.82) is 0 Å². The second-order valence-electron chi connectivity index (χ2n) is 7.65. The predicted octanol–water partition coefficient (Wildman–Crippen LogP) is 5.51. The van der Waals surface area contributed by atoms with Crippen LogP contribution in [0.3, 0.4) is 0 Å². The highest BCUT2D eigenvalue weighted by Crippen LogP contribution is 2.31. The van der Waals surface area contributed by atoms with E-state index >= 15 is 0 Å². The fourth-order valence-corrected chi connectivity index (χ4v) is 3.57. The molecular formula is C24H19ClFN3O4. The SMILES string of the molecule is O=C(c1ccc(COc2ccc(F)cc2)o1)N(Cc1nnc(-c2ccccc2Cl)o1)C1CC1. The van der Waals surface area contributed by atoms with Gasteiger partial charge < -0.3 is 18.5 Å². The van der Waals surface area contributed by atoms with Crippen LogP contribution in [0, 0.1) is 5.82 Å². The van der Waals surface area contributed by atoms with Gasteiger partial charge in [-0.3, -0.25) is 4.79 Å². The highest BCUT2D eigenvalue weighted by Gasteiger charge is 2.35. The van der Waals surface area contributed by atoms with Gasteiger partial charge in [-0.2, -0.15) is 0 Å². The number of nitrogens with zero attached hydrogens (tertiary/aromatic N) is 3. The first-order valence-electron chi connectivity index (χ1n) is 10.4. The van der Waals surface area contributed by atoms with Gasteiger partial charge in [-0.1, -0.05) is 23.7 Å². The third-order valence-electron chi connectivity index (χ3n) is 5.19. The molecule has 0 N–H and O–H groups in total. The summed E-state index contributed by atoms with van der Waals surface area (Å²) in [6, 6.07) is 16.3. The molecule has 0 saturated heterocycles. The Bertz CT molecular complexity index is 1270. The quantitative estimate of drug-likeness (QED) is 0.340. The lowest BCUT2D eigenvalue weighted by molar-refractivity contribution is 0.0678. The molecule has 168 valence electrons. The predicted molar refractivity (Wildman–Crippen MR) is 117 cm³/mol. The first-order chi connectivity index (χ1) is 16.1. The van der Waals surface area contributed by atoms with Gasteiger partial charge in [0.2, 0.25) is 11.8 Å². The van der Waals surface area contributed by atoms with Crippen LogP contribution >= 0.6 is 11.6 Å². The molecule has 7 nitrogen and oxygen atoms in total. The largest absolute Gasteiger partial charge is 0.486 e. The Morgan fingerprint density at radius 2 is 1.85 bits per heavy atom. The zero-order valence-electron chi connectivity index (χ0n) is 17.4. The van der Waals surface area contributed by atoms with Gasteiger partial charge in [-0.15, -0.1) is 10.2 Å². The van der Waals surface area contributed by atoms with Crippen LogP contribution < -0.4 is 4.74 Å². The molecule has 1 saturated carbocycles. The topological polar surface area (TPSA) is 81.6 Å². The lowest BCUT2D eigenvalue weighted by atomic mass is 10.2. The van der Waals surface area contributed by atoms with Crippen molar-refractivity contribution in [2.24, 2.45) is 0 Å². The minimum Gasteiger partial charge on any atom is -0.486 e. The van der Waals surface area contributed by atoms with Gasteiger partial charge >= 0.3 is 0 Å². The smallest absolute Gasteiger partial charge is 0.290 e. The molecule has 1 fully saturated rings. The maximum Gasteiger partial charge on any atom is 0.290 e. The van der Waals surface area contributed by atoms with Crippen molar-refractivity contribution in [3.63, 3.8) is 0 Å². The maximum absolute atomic E-state index is 13.1. The van der Waals surface area contributed by atoms with Gasteiger partial charge in [-0.25, -0.2) is 4.39 Å². The van der Waals surface area contributed by atoms with E-state index < -0.39 is 0 Å². The van der Waals surface area contributed by atoms with Crippen molar-refractivity contribution in [3.8, 4) is 17.2 Å². The Hall–Kier alpha value is -3.65. The molecule has 0 bridgehead atoms. The zero-order valence-corrected chi connectivity index (χ0v) is 18.2. The standard InChI is InChI=1S/C24H19ClFN3O4/c25-20-4-2-1-3-19(20)23-28-27-22(33-23)13-29(16-7-8-16)24(30)21-12-11-18(32-21)14-31-17-9-5-15(26)6-10-17/h1-6,9-12,16H,7-8,13-14H2. The highest BCUT2D eigenvalue weighted by atomic mass is 35.5. The lowest BCUT2D eigenvalue weighted by Gasteiger charge is -2.19. The lowest BCUT2D eigenvalue weighted by Crippen LogP contribution is -2.32. The Labute approximate surface area is 193 Å². The van der Waals surface area contributed by atoms with Gasteiger partial charge in [0.25, 0.3) is 5.91 Å². The Morgan fingerprint density at radius 1 is 1.06 bits per heavy atom. The molecule has 1 aliphatic carbocycles. The minimum atomic E-state index is -0.339. The van der Waals surface area contributed by atoms with Crippen LogP contribution in [0.4, 0.5) is 4.39 Å². The number of aromatic nitrogens is 2. The molecule has 0 aliphatic heterocycles. The fourth-order valence-electron chi connectivity index (χ4n) is 3.36. The van der Waals surface area contributed by atoms with Gasteiger partial charge in [0.05, 0.1) is 17.1 Å². The maximum atomic E-state index is 13.1. The zero-order chi connectivity index (χ0) is 22.8. The number of hydrogen-bond acceptors (Lipinski definition) is 6. The minimum absolute atomic E-state index is 0.0946. The summed E-state index contributed by atoms with van der Waals surface area (Å²) >= 11 is 6.21. The average molecular weight is 468 g/mol. The third-order valence-corrected chi connectivity index (χ3v) is 5.52. The van der Waals surface area contributed by atoms with Crippen molar-refractivity contribution in [3.05, 3.63) is 88.9 Å². The molecule has 33 heavy (non-hydrogen) atoms. The van der Waals surface area contributed by atoms with E-state index in [0.717, 1.165) is 12.8 Å². The van der Waals surface area contributed by atoms with Gasteiger partial charge in [0, 0.05) is 6.04 Å². The number of carbonyl (C=O) groups excluding carboxylic acids is 1. The highest BCUT2D eigenvalue weighted by molar-refractivity contribution is 6.33. The van der Waals surface area contributed by atoms with E-state index in [1.807, 2.05) is 12.1 Å². The van der Waals surface area contributed by atoms with Gasteiger partial charge in [-0.05, 0) is 61.4 Å². The summed E-state index contributed by atoms with van der Waals surface area (Å²) in [5.41, 5.74) is 0.638. The van der Waals surface area contributed by atoms with E-state index in [9.17, 15) is 9.18 Å². The molecule has 0 atom stereocenters. The van der Waals surface area contributed by atoms with Crippen molar-refractivity contribution in [1.82, 2.24) is 15.1 Å². The second kappa shape index (κ2) is 9.07. The van der Waals surface area contributed by atoms with E-state index in [1.165, 1.54) is 24.3 Å². The normalized spacial score (nSPS) is 13.2. The number of amides is 1. The summed E-state index contributed by atoms with van der Waals surface area (Å²) in [5.74, 6) is 1.21. The van der Waals surface area contributed by atoms with Crippen LogP contribution in [0.2, 0.25) is 5.02 Å². The number of carbonyl (C=O) groups is 1. The number of benzene rings is 2. The average Bonchev–Trinajstić information content (AvgIpc) is 3.37. The molecule has 2 heterocycles. The number of furan rings is 1. The van der Waals surface area contributed by atoms with Gasteiger partial charge in [0.15, 0.2) is 5.76 Å². The second-order valence-corrected chi connectivity index (χ2v) is 8.06. The first-order valence-corrected chi connectivity index (χ1v) is 10.8. The molecule has 9 heteroatoms. The van der Waals surface area contributed by atoms with Crippen LogP contribution in [0.5, 0.6) is 5.75 Å². The van der Waals surface area contributed by atoms with Crippen LogP contribution in [0.15, 0.2) is 69.5 Å². The molecule has 2 aromatic heterocycles. The van der Waals surface area contributed by atoms with Crippen LogP contribution in [-0.4, -0.2) is 27.0 Å². The molecule has 2 aromatic carbocycles. The number of ether oxygens (including phenoxy) is 1. The molecule has 0 spiro atoms.